The van der Waals surface area contributed by atoms with E-state index >= 15 is 0 Å². The first-order valence-electron chi connectivity index (χ1n) is 5.19. The smallest absolute Gasteiger partial charge is 0.151 e. The summed E-state index contributed by atoms with van der Waals surface area (Å²) < 4.78 is 8.71. The Balaban J connectivity index is 2.42. The second kappa shape index (κ2) is 6.28. The van der Waals surface area contributed by atoms with Crippen LogP contribution in [0.5, 0.6) is 5.75 Å². The van der Waals surface area contributed by atoms with Crippen molar-refractivity contribution in [1.29, 1.82) is 0 Å². The van der Waals surface area contributed by atoms with Crippen LogP contribution in [0, 0.1) is 0 Å². The number of halogens is 1. The van der Waals surface area contributed by atoms with Gasteiger partial charge in [0.1, 0.15) is 11.7 Å². The number of nitrogens with one attached hydrogen (secondary N) is 1. The second-order valence-electron chi connectivity index (χ2n) is 4.56. The van der Waals surface area contributed by atoms with E-state index in [1.807, 2.05) is 0 Å². The second-order valence-corrected chi connectivity index (χ2v) is 5.70. The van der Waals surface area contributed by atoms with Gasteiger partial charge in [0.15, 0.2) is 6.29 Å². The van der Waals surface area contributed by atoms with Crippen LogP contribution in [0.15, 0.2) is 18.2 Å². The van der Waals surface area contributed by atoms with Gasteiger partial charge in [-0.2, -0.15) is 0 Å². The van der Waals surface area contributed by atoms with Crippen LogP contribution in [0.1, 0.15) is 31.1 Å². The summed E-state index contributed by atoms with van der Waals surface area (Å²) in [5.41, 5.74) is 0.520. The minimum atomic E-state index is 0.0487. The number of ether oxygens (including phenoxy) is 1. The van der Waals surface area contributed by atoms with Gasteiger partial charge in [-0.3, -0.25) is 9.52 Å². The van der Waals surface area contributed by atoms with Gasteiger partial charge in [0.25, 0.3) is 0 Å². The first-order valence-corrected chi connectivity index (χ1v) is 6.55. The molecule has 0 amide bonds. The fourth-order valence-electron chi connectivity index (χ4n) is 1.04. The van der Waals surface area contributed by atoms with Crippen molar-refractivity contribution in [3.05, 3.63) is 28.8 Å². The molecule has 0 unspecified atom stereocenters. The molecule has 0 radical (unpaired) electrons. The molecule has 94 valence electrons. The Labute approximate surface area is 111 Å². The fraction of sp³-hybridized carbons (Fsp3) is 0.417. The van der Waals surface area contributed by atoms with E-state index in [4.69, 9.17) is 16.3 Å². The standard InChI is InChI=1S/C12H16ClNO2S/c1-12(2,3)14-17-8-16-10-5-4-9(7-15)11(13)6-10/h4-7,14H,8H2,1-3H3. The first kappa shape index (κ1) is 14.4. The monoisotopic (exact) mass is 273 g/mol. The highest BCUT2D eigenvalue weighted by Crippen LogP contribution is 2.22. The third kappa shape index (κ3) is 5.44. The Bertz CT molecular complexity index is 391. The first-order chi connectivity index (χ1) is 7.92. The number of benzene rings is 1. The van der Waals surface area contributed by atoms with Gasteiger partial charge in [-0.1, -0.05) is 11.6 Å². The maximum Gasteiger partial charge on any atom is 0.151 e. The molecule has 3 nitrogen and oxygen atoms in total. The van der Waals surface area contributed by atoms with Gasteiger partial charge in [0, 0.05) is 11.1 Å². The molecule has 1 N–H and O–H groups in total. The predicted molar refractivity (Wildman–Crippen MR) is 72.8 cm³/mol. The molecule has 17 heavy (non-hydrogen) atoms. The van der Waals surface area contributed by atoms with E-state index in [0.29, 0.717) is 22.3 Å². The van der Waals surface area contributed by atoms with Gasteiger partial charge < -0.3 is 4.74 Å². The molecule has 5 heteroatoms. The van der Waals surface area contributed by atoms with E-state index in [-0.39, 0.29) is 5.54 Å². The summed E-state index contributed by atoms with van der Waals surface area (Å²) in [5.74, 6) is 1.14. The van der Waals surface area contributed by atoms with Crippen molar-refractivity contribution < 1.29 is 9.53 Å². The van der Waals surface area contributed by atoms with Crippen molar-refractivity contribution in [3.8, 4) is 5.75 Å². The van der Waals surface area contributed by atoms with E-state index in [9.17, 15) is 4.79 Å². The molecule has 0 heterocycles. The molecule has 0 aliphatic rings. The van der Waals surface area contributed by atoms with Crippen LogP contribution in [0.4, 0.5) is 0 Å². The van der Waals surface area contributed by atoms with Crippen LogP contribution in [-0.4, -0.2) is 17.8 Å². The summed E-state index contributed by atoms with van der Waals surface area (Å²) in [5, 5.41) is 0.409. The number of rotatable bonds is 5. The topological polar surface area (TPSA) is 38.3 Å². The molecular formula is C12H16ClNO2S. The summed E-state index contributed by atoms with van der Waals surface area (Å²) in [7, 11) is 0. The average molecular weight is 274 g/mol. The average Bonchev–Trinajstić information content (AvgIpc) is 2.23. The van der Waals surface area contributed by atoms with Crippen LogP contribution in [0.3, 0.4) is 0 Å². The van der Waals surface area contributed by atoms with Crippen molar-refractivity contribution in [2.75, 3.05) is 5.94 Å². The summed E-state index contributed by atoms with van der Waals surface area (Å²) in [4.78, 5) is 10.6. The molecule has 1 rings (SSSR count). The van der Waals surface area contributed by atoms with Crippen molar-refractivity contribution in [1.82, 2.24) is 4.72 Å². The van der Waals surface area contributed by atoms with Gasteiger partial charge in [-0.25, -0.2) is 0 Å². The van der Waals surface area contributed by atoms with E-state index in [2.05, 4.69) is 25.5 Å². The zero-order chi connectivity index (χ0) is 12.9. The number of carbonyl (C=O) groups excluding carboxylic acids is 1. The van der Waals surface area contributed by atoms with E-state index in [1.165, 1.54) is 11.9 Å². The van der Waals surface area contributed by atoms with Crippen molar-refractivity contribution in [2.24, 2.45) is 0 Å². The van der Waals surface area contributed by atoms with Crippen molar-refractivity contribution in [2.45, 2.75) is 26.3 Å². The zero-order valence-electron chi connectivity index (χ0n) is 10.1. The number of hydrogen-bond acceptors (Lipinski definition) is 4. The summed E-state index contributed by atoms with van der Waals surface area (Å²) in [6.07, 6.45) is 0.724. The number of aldehydes is 1. The Morgan fingerprint density at radius 2 is 2.18 bits per heavy atom. The Kier molecular flexibility index (Phi) is 5.31. The molecule has 0 saturated heterocycles. The molecule has 0 saturated carbocycles. The van der Waals surface area contributed by atoms with Gasteiger partial charge in [0.2, 0.25) is 0 Å². The molecule has 0 spiro atoms. The Hall–Kier alpha value is -0.710. The normalized spacial score (nSPS) is 11.3. The van der Waals surface area contributed by atoms with Crippen LogP contribution in [-0.2, 0) is 0 Å². The zero-order valence-corrected chi connectivity index (χ0v) is 11.7. The maximum absolute atomic E-state index is 10.6. The van der Waals surface area contributed by atoms with Crippen LogP contribution in [0.2, 0.25) is 5.02 Å². The third-order valence-corrected chi connectivity index (χ3v) is 3.08. The van der Waals surface area contributed by atoms with E-state index in [1.54, 1.807) is 18.2 Å². The van der Waals surface area contributed by atoms with Crippen LogP contribution in [0.25, 0.3) is 0 Å². The van der Waals surface area contributed by atoms with Gasteiger partial charge in [0.05, 0.1) is 5.02 Å². The van der Waals surface area contributed by atoms with E-state index < -0.39 is 0 Å². The molecule has 0 aliphatic heterocycles. The molecule has 0 atom stereocenters. The highest BCUT2D eigenvalue weighted by atomic mass is 35.5. The number of carbonyl (C=O) groups is 1. The van der Waals surface area contributed by atoms with Gasteiger partial charge in [-0.15, -0.1) is 0 Å². The molecule has 1 aromatic rings. The predicted octanol–water partition coefficient (Wildman–Crippen LogP) is 3.53. The van der Waals surface area contributed by atoms with Crippen LogP contribution < -0.4 is 9.46 Å². The largest absolute Gasteiger partial charge is 0.482 e. The highest BCUT2D eigenvalue weighted by molar-refractivity contribution is 7.97. The third-order valence-electron chi connectivity index (χ3n) is 1.76. The minimum Gasteiger partial charge on any atom is -0.482 e. The summed E-state index contributed by atoms with van der Waals surface area (Å²) >= 11 is 7.37. The summed E-state index contributed by atoms with van der Waals surface area (Å²) in [6, 6.07) is 5.02. The summed E-state index contributed by atoms with van der Waals surface area (Å²) in [6.45, 7) is 6.24. The number of hydrogen-bond donors (Lipinski definition) is 1. The molecule has 0 aromatic heterocycles. The Morgan fingerprint density at radius 1 is 1.47 bits per heavy atom. The molecule has 0 fully saturated rings. The molecular weight excluding hydrogens is 258 g/mol. The van der Waals surface area contributed by atoms with Gasteiger partial charge in [-0.05, 0) is 50.9 Å². The Morgan fingerprint density at radius 3 is 2.71 bits per heavy atom. The quantitative estimate of drug-likeness (QED) is 0.386. The van der Waals surface area contributed by atoms with Crippen molar-refractivity contribution in [3.63, 3.8) is 0 Å². The lowest BCUT2D eigenvalue weighted by atomic mass is 10.1. The maximum atomic E-state index is 10.6. The molecule has 1 aromatic carbocycles. The molecule has 0 aliphatic carbocycles. The van der Waals surface area contributed by atoms with Crippen LogP contribution >= 0.6 is 23.5 Å². The lowest BCUT2D eigenvalue weighted by molar-refractivity contribution is 0.112. The molecule has 0 bridgehead atoms. The lowest BCUT2D eigenvalue weighted by Gasteiger charge is -2.19. The van der Waals surface area contributed by atoms with Crippen molar-refractivity contribution >= 4 is 29.8 Å². The van der Waals surface area contributed by atoms with E-state index in [0.717, 1.165) is 6.29 Å². The lowest BCUT2D eigenvalue weighted by Crippen LogP contribution is -2.30. The highest BCUT2D eigenvalue weighted by Gasteiger charge is 2.08. The SMILES string of the molecule is CC(C)(C)NSCOc1ccc(C=O)c(Cl)c1. The fourth-order valence-corrected chi connectivity index (χ4v) is 1.94. The minimum absolute atomic E-state index is 0.0487. The van der Waals surface area contributed by atoms with Gasteiger partial charge >= 0.3 is 0 Å².